The van der Waals surface area contributed by atoms with E-state index < -0.39 is 12.1 Å². The highest BCUT2D eigenvalue weighted by molar-refractivity contribution is 7.98. The van der Waals surface area contributed by atoms with E-state index in [4.69, 9.17) is 9.47 Å². The predicted octanol–water partition coefficient (Wildman–Crippen LogP) is 1.09. The first-order valence-corrected chi connectivity index (χ1v) is 9.82. The molecule has 2 rings (SSSR count). The van der Waals surface area contributed by atoms with E-state index in [1.165, 1.54) is 11.8 Å². The molecule has 148 valence electrons. The van der Waals surface area contributed by atoms with Gasteiger partial charge in [-0.3, -0.25) is 9.59 Å². The minimum absolute atomic E-state index is 0.147. The minimum Gasteiger partial charge on any atom is -0.453 e. The predicted molar refractivity (Wildman–Crippen MR) is 101 cm³/mol. The van der Waals surface area contributed by atoms with E-state index in [1.54, 1.807) is 18.5 Å². The molecule has 1 atom stereocenters. The van der Waals surface area contributed by atoms with Crippen LogP contribution < -0.4 is 5.32 Å². The van der Waals surface area contributed by atoms with Crippen molar-refractivity contribution in [2.24, 2.45) is 0 Å². The van der Waals surface area contributed by atoms with Crippen molar-refractivity contribution < 1.29 is 19.1 Å². The maximum absolute atomic E-state index is 12.1. The summed E-state index contributed by atoms with van der Waals surface area (Å²) in [7, 11) is 1.55. The Morgan fingerprint density at radius 1 is 1.30 bits per heavy atom. The Hall–Kier alpha value is -2.20. The van der Waals surface area contributed by atoms with E-state index >= 15 is 0 Å². The lowest BCUT2D eigenvalue weighted by Crippen LogP contribution is -2.37. The van der Waals surface area contributed by atoms with E-state index in [2.05, 4.69) is 20.4 Å². The van der Waals surface area contributed by atoms with Crippen molar-refractivity contribution >= 4 is 29.4 Å². The minimum atomic E-state index is -0.850. The zero-order chi connectivity index (χ0) is 20.0. The maximum atomic E-state index is 12.1. The average molecular weight is 395 g/mol. The average Bonchev–Trinajstić information content (AvgIpc) is 3.04. The fourth-order valence-corrected chi connectivity index (χ4v) is 2.93. The number of carbonyl (C=O) groups is 2. The first-order valence-electron chi connectivity index (χ1n) is 8.60. The van der Waals surface area contributed by atoms with Crippen molar-refractivity contribution in [1.82, 2.24) is 24.9 Å². The summed E-state index contributed by atoms with van der Waals surface area (Å²) in [6, 6.07) is 0. The summed E-state index contributed by atoms with van der Waals surface area (Å²) in [6.07, 6.45) is 1.65. The molecular formula is C17H25N5O4S. The monoisotopic (exact) mass is 395 g/mol. The van der Waals surface area contributed by atoms with Gasteiger partial charge in [-0.1, -0.05) is 11.8 Å². The van der Waals surface area contributed by atoms with Crippen LogP contribution in [0, 0.1) is 13.8 Å². The molecule has 2 aromatic rings. The summed E-state index contributed by atoms with van der Waals surface area (Å²) in [5, 5.41) is 7.68. The lowest BCUT2D eigenvalue weighted by molar-refractivity contribution is -0.154. The Morgan fingerprint density at radius 3 is 2.70 bits per heavy atom. The number of amides is 1. The highest BCUT2D eigenvalue weighted by Crippen LogP contribution is 2.18. The van der Waals surface area contributed by atoms with Gasteiger partial charge in [-0.25, -0.2) is 9.50 Å². The molecule has 10 heteroatoms. The number of ether oxygens (including phenoxy) is 2. The molecule has 0 saturated heterocycles. The molecule has 0 aliphatic heterocycles. The third-order valence-electron chi connectivity index (χ3n) is 4.07. The standard InChI is InChI=1S/C17H25N5O4S/c1-10-13(11(2)22-16(19-10)20-17(21-22)27-5)6-7-14(23)26-12(3)15(24)18-8-9-25-4/h12H,6-9H2,1-5H3,(H,18,24)/t12-/m1/s1. The molecule has 0 unspecified atom stereocenters. The number of hydrogen-bond donors (Lipinski definition) is 1. The first kappa shape index (κ1) is 21.1. The zero-order valence-corrected chi connectivity index (χ0v) is 17.1. The first-order chi connectivity index (χ1) is 12.9. The van der Waals surface area contributed by atoms with Gasteiger partial charge in [0, 0.05) is 31.5 Å². The number of nitrogens with zero attached hydrogens (tertiary/aromatic N) is 4. The van der Waals surface area contributed by atoms with Crippen LogP contribution in [0.15, 0.2) is 5.16 Å². The number of carbonyl (C=O) groups excluding carboxylic acids is 2. The molecule has 9 nitrogen and oxygen atoms in total. The van der Waals surface area contributed by atoms with Crippen LogP contribution >= 0.6 is 11.8 Å². The molecule has 2 aromatic heterocycles. The van der Waals surface area contributed by atoms with Crippen LogP contribution in [-0.4, -0.2) is 64.1 Å². The topological polar surface area (TPSA) is 108 Å². The number of methoxy groups -OCH3 is 1. The normalized spacial score (nSPS) is 12.2. The second kappa shape index (κ2) is 9.65. The maximum Gasteiger partial charge on any atom is 0.306 e. The zero-order valence-electron chi connectivity index (χ0n) is 16.2. The molecular weight excluding hydrogens is 370 g/mol. The number of hydrogen-bond acceptors (Lipinski definition) is 8. The van der Waals surface area contributed by atoms with Crippen molar-refractivity contribution in [3.8, 4) is 0 Å². The molecule has 0 aliphatic carbocycles. The molecule has 27 heavy (non-hydrogen) atoms. The van der Waals surface area contributed by atoms with Gasteiger partial charge in [-0.05, 0) is 39.0 Å². The number of aryl methyl sites for hydroxylation is 2. The molecule has 0 fully saturated rings. The van der Waals surface area contributed by atoms with Gasteiger partial charge in [0.25, 0.3) is 11.7 Å². The number of nitrogens with one attached hydrogen (secondary N) is 1. The van der Waals surface area contributed by atoms with Crippen molar-refractivity contribution in [1.29, 1.82) is 0 Å². The number of fused-ring (bicyclic) bond motifs is 1. The van der Waals surface area contributed by atoms with E-state index in [-0.39, 0.29) is 12.3 Å². The fourth-order valence-electron chi connectivity index (χ4n) is 2.59. The summed E-state index contributed by atoms with van der Waals surface area (Å²) in [5.74, 6) is -0.239. The summed E-state index contributed by atoms with van der Waals surface area (Å²) < 4.78 is 11.7. The van der Waals surface area contributed by atoms with Crippen LogP contribution in [0.1, 0.15) is 30.3 Å². The third-order valence-corrected chi connectivity index (χ3v) is 4.61. The number of rotatable bonds is 9. The molecule has 0 aromatic carbocycles. The highest BCUT2D eigenvalue weighted by Gasteiger charge is 2.19. The van der Waals surface area contributed by atoms with Gasteiger partial charge in [-0.15, -0.1) is 5.10 Å². The van der Waals surface area contributed by atoms with E-state index in [1.807, 2.05) is 20.1 Å². The van der Waals surface area contributed by atoms with Gasteiger partial charge >= 0.3 is 5.97 Å². The second-order valence-electron chi connectivity index (χ2n) is 5.99. The third kappa shape index (κ3) is 5.39. The molecule has 0 saturated carbocycles. The van der Waals surface area contributed by atoms with Crippen molar-refractivity contribution in [3.05, 3.63) is 17.0 Å². The Kier molecular flexibility index (Phi) is 7.55. The van der Waals surface area contributed by atoms with Gasteiger partial charge < -0.3 is 14.8 Å². The van der Waals surface area contributed by atoms with Crippen LogP contribution in [0.3, 0.4) is 0 Å². The molecule has 0 spiro atoms. The Bertz CT molecular complexity index is 823. The molecule has 2 heterocycles. The molecule has 0 radical (unpaired) electrons. The summed E-state index contributed by atoms with van der Waals surface area (Å²) >= 11 is 1.45. The van der Waals surface area contributed by atoms with Crippen LogP contribution in [0.25, 0.3) is 5.78 Å². The summed E-state index contributed by atoms with van der Waals surface area (Å²) in [6.45, 7) is 6.13. The van der Waals surface area contributed by atoms with Gasteiger partial charge in [0.05, 0.1) is 6.61 Å². The number of esters is 1. The van der Waals surface area contributed by atoms with Gasteiger partial charge in [0.1, 0.15) is 0 Å². The van der Waals surface area contributed by atoms with Crippen molar-refractivity contribution in [3.63, 3.8) is 0 Å². The van der Waals surface area contributed by atoms with Crippen LogP contribution in [0.5, 0.6) is 0 Å². The molecule has 0 bridgehead atoms. The van der Waals surface area contributed by atoms with Crippen molar-refractivity contribution in [2.75, 3.05) is 26.5 Å². The fraction of sp³-hybridized carbons (Fsp3) is 0.588. The lowest BCUT2D eigenvalue weighted by Gasteiger charge is -2.14. The summed E-state index contributed by atoms with van der Waals surface area (Å²) in [4.78, 5) is 32.8. The Labute approximate surface area is 162 Å². The van der Waals surface area contributed by atoms with Gasteiger partial charge in [0.2, 0.25) is 5.16 Å². The van der Waals surface area contributed by atoms with Crippen molar-refractivity contribution in [2.45, 2.75) is 44.9 Å². The summed E-state index contributed by atoms with van der Waals surface area (Å²) in [5.41, 5.74) is 2.62. The largest absolute Gasteiger partial charge is 0.453 e. The quantitative estimate of drug-likeness (QED) is 0.382. The molecule has 1 N–H and O–H groups in total. The van der Waals surface area contributed by atoms with Crippen LogP contribution in [0.2, 0.25) is 0 Å². The second-order valence-corrected chi connectivity index (χ2v) is 6.76. The Morgan fingerprint density at radius 2 is 2.04 bits per heavy atom. The van der Waals surface area contributed by atoms with Crippen LogP contribution in [0.4, 0.5) is 0 Å². The van der Waals surface area contributed by atoms with Gasteiger partial charge in [-0.2, -0.15) is 4.98 Å². The SMILES string of the molecule is COCCNC(=O)[C@@H](C)OC(=O)CCc1c(C)nc2nc(SC)nn2c1C. The number of thioether (sulfide) groups is 1. The van der Waals surface area contributed by atoms with E-state index in [9.17, 15) is 9.59 Å². The highest BCUT2D eigenvalue weighted by atomic mass is 32.2. The van der Waals surface area contributed by atoms with E-state index in [0.717, 1.165) is 17.0 Å². The molecule has 1 amide bonds. The van der Waals surface area contributed by atoms with Gasteiger partial charge in [0.15, 0.2) is 6.10 Å². The lowest BCUT2D eigenvalue weighted by atomic mass is 10.1. The number of aromatic nitrogens is 4. The van der Waals surface area contributed by atoms with E-state index in [0.29, 0.717) is 30.5 Å². The smallest absolute Gasteiger partial charge is 0.306 e. The Balaban J connectivity index is 1.97. The molecule has 0 aliphatic rings. The van der Waals surface area contributed by atoms with Crippen LogP contribution in [-0.2, 0) is 25.5 Å².